The Hall–Kier alpha value is -3.25. The van der Waals surface area contributed by atoms with Crippen LogP contribution < -0.4 is 9.47 Å². The van der Waals surface area contributed by atoms with Crippen LogP contribution in [0.4, 0.5) is 4.79 Å². The predicted molar refractivity (Wildman–Crippen MR) is 120 cm³/mol. The fourth-order valence-electron chi connectivity index (χ4n) is 3.27. The molecule has 1 saturated heterocycles. The molecule has 30 heavy (non-hydrogen) atoms. The molecule has 3 aromatic carbocycles. The molecule has 1 fully saturated rings. The first kappa shape index (κ1) is 20.0. The number of carbonyl (C=O) groups excluding carboxylic acids is 2. The zero-order valence-electron chi connectivity index (χ0n) is 16.5. The molecule has 0 aliphatic carbocycles. The molecular formula is C24H21NO4S. The minimum atomic E-state index is -0.298. The molecule has 1 heterocycles. The average Bonchev–Trinajstić information content (AvgIpc) is 3.02. The van der Waals surface area contributed by atoms with E-state index in [2.05, 4.69) is 0 Å². The van der Waals surface area contributed by atoms with Crippen molar-refractivity contribution in [3.05, 3.63) is 77.2 Å². The molecule has 3 aromatic rings. The third kappa shape index (κ3) is 4.33. The molecule has 0 unspecified atom stereocenters. The maximum absolute atomic E-state index is 12.7. The lowest BCUT2D eigenvalue weighted by Crippen LogP contribution is -2.32. The molecule has 1 aliphatic heterocycles. The van der Waals surface area contributed by atoms with Gasteiger partial charge in [0.25, 0.3) is 11.1 Å². The van der Waals surface area contributed by atoms with Crippen molar-refractivity contribution in [3.8, 4) is 11.5 Å². The number of thioether (sulfide) groups is 1. The van der Waals surface area contributed by atoms with Crippen LogP contribution in [0, 0.1) is 0 Å². The van der Waals surface area contributed by atoms with E-state index in [0.29, 0.717) is 11.5 Å². The Balaban J connectivity index is 1.42. The third-order valence-electron chi connectivity index (χ3n) is 4.66. The summed E-state index contributed by atoms with van der Waals surface area (Å²) in [5.41, 5.74) is 0.818. The van der Waals surface area contributed by atoms with Crippen LogP contribution in [0.5, 0.6) is 11.5 Å². The summed E-state index contributed by atoms with van der Waals surface area (Å²) < 4.78 is 11.4. The number of fused-ring (bicyclic) bond motifs is 1. The third-order valence-corrected chi connectivity index (χ3v) is 5.57. The number of benzene rings is 3. The monoisotopic (exact) mass is 419 g/mol. The highest BCUT2D eigenvalue weighted by molar-refractivity contribution is 8.18. The first-order chi connectivity index (χ1) is 14.7. The number of rotatable bonds is 7. The number of ether oxygens (including phenoxy) is 2. The lowest BCUT2D eigenvalue weighted by atomic mass is 10.1. The normalized spacial score (nSPS) is 15.2. The Morgan fingerprint density at radius 2 is 1.77 bits per heavy atom. The molecular weight excluding hydrogens is 398 g/mol. The van der Waals surface area contributed by atoms with E-state index < -0.39 is 0 Å². The molecule has 0 bridgehead atoms. The number of carbonyl (C=O) groups is 2. The topological polar surface area (TPSA) is 55.8 Å². The highest BCUT2D eigenvalue weighted by Gasteiger charge is 2.34. The fourth-order valence-corrected chi connectivity index (χ4v) is 4.14. The van der Waals surface area contributed by atoms with Gasteiger partial charge in [-0.05, 0) is 53.9 Å². The van der Waals surface area contributed by atoms with E-state index >= 15 is 0 Å². The Labute approximate surface area is 179 Å². The van der Waals surface area contributed by atoms with Crippen LogP contribution in [0.2, 0.25) is 0 Å². The summed E-state index contributed by atoms with van der Waals surface area (Å²) in [6, 6.07) is 21.2. The summed E-state index contributed by atoms with van der Waals surface area (Å²) in [4.78, 5) is 26.7. The largest absolute Gasteiger partial charge is 0.494 e. The Kier molecular flexibility index (Phi) is 6.05. The maximum Gasteiger partial charge on any atom is 0.293 e. The number of hydrogen-bond donors (Lipinski definition) is 0. The van der Waals surface area contributed by atoms with Gasteiger partial charge in [-0.25, -0.2) is 0 Å². The molecule has 0 atom stereocenters. The zero-order chi connectivity index (χ0) is 20.9. The number of imide groups is 1. The quantitative estimate of drug-likeness (QED) is 0.483. The Bertz CT molecular complexity index is 1120. The molecule has 1 aliphatic rings. The first-order valence-corrected chi connectivity index (χ1v) is 10.6. The van der Waals surface area contributed by atoms with Crippen molar-refractivity contribution in [3.63, 3.8) is 0 Å². The molecule has 0 spiro atoms. The maximum atomic E-state index is 12.7. The molecule has 6 heteroatoms. The molecule has 5 nitrogen and oxygen atoms in total. The molecule has 0 aromatic heterocycles. The second-order valence-corrected chi connectivity index (χ2v) is 7.66. The fraction of sp³-hybridized carbons (Fsp3) is 0.167. The summed E-state index contributed by atoms with van der Waals surface area (Å²) in [5, 5.41) is 1.80. The summed E-state index contributed by atoms with van der Waals surface area (Å²) in [6.45, 7) is 2.92. The SMILES string of the molecule is CCOc1cccc(/C=C2\SC(=O)N(CCOc3cccc4ccccc34)C2=O)c1. The second-order valence-electron chi connectivity index (χ2n) is 6.66. The van der Waals surface area contributed by atoms with Crippen molar-refractivity contribution < 1.29 is 19.1 Å². The van der Waals surface area contributed by atoms with Gasteiger partial charge < -0.3 is 9.47 Å². The predicted octanol–water partition coefficient (Wildman–Crippen LogP) is 5.35. The van der Waals surface area contributed by atoms with Crippen LogP contribution >= 0.6 is 11.8 Å². The highest BCUT2D eigenvalue weighted by Crippen LogP contribution is 2.33. The summed E-state index contributed by atoms with van der Waals surface area (Å²) in [7, 11) is 0. The lowest BCUT2D eigenvalue weighted by Gasteiger charge is -2.14. The summed E-state index contributed by atoms with van der Waals surface area (Å²) in [5.74, 6) is 1.17. The molecule has 0 N–H and O–H groups in total. The van der Waals surface area contributed by atoms with Gasteiger partial charge in [-0.2, -0.15) is 0 Å². The van der Waals surface area contributed by atoms with E-state index in [1.807, 2.05) is 73.7 Å². The van der Waals surface area contributed by atoms with Crippen LogP contribution in [-0.2, 0) is 4.79 Å². The van der Waals surface area contributed by atoms with Crippen molar-refractivity contribution in [1.82, 2.24) is 4.90 Å². The van der Waals surface area contributed by atoms with Gasteiger partial charge in [-0.3, -0.25) is 14.5 Å². The van der Waals surface area contributed by atoms with Crippen molar-refractivity contribution in [2.24, 2.45) is 0 Å². The van der Waals surface area contributed by atoms with Gasteiger partial charge in [0.1, 0.15) is 18.1 Å². The van der Waals surface area contributed by atoms with Gasteiger partial charge in [0.05, 0.1) is 18.1 Å². The summed E-state index contributed by atoms with van der Waals surface area (Å²) in [6.07, 6.45) is 1.72. The minimum absolute atomic E-state index is 0.199. The van der Waals surface area contributed by atoms with Gasteiger partial charge in [-0.1, -0.05) is 48.5 Å². The van der Waals surface area contributed by atoms with Gasteiger partial charge in [0.2, 0.25) is 0 Å². The van der Waals surface area contributed by atoms with Gasteiger partial charge >= 0.3 is 0 Å². The molecule has 0 saturated carbocycles. The van der Waals surface area contributed by atoms with Crippen LogP contribution in [0.15, 0.2) is 71.6 Å². The van der Waals surface area contributed by atoms with E-state index in [0.717, 1.165) is 39.6 Å². The Morgan fingerprint density at radius 3 is 2.63 bits per heavy atom. The molecule has 2 amide bonds. The van der Waals surface area contributed by atoms with E-state index in [1.54, 1.807) is 6.08 Å². The van der Waals surface area contributed by atoms with E-state index in [-0.39, 0.29) is 24.3 Å². The van der Waals surface area contributed by atoms with Crippen molar-refractivity contribution in [1.29, 1.82) is 0 Å². The zero-order valence-corrected chi connectivity index (χ0v) is 17.4. The van der Waals surface area contributed by atoms with Crippen LogP contribution in [-0.4, -0.2) is 35.8 Å². The van der Waals surface area contributed by atoms with E-state index in [9.17, 15) is 9.59 Å². The van der Waals surface area contributed by atoms with E-state index in [1.165, 1.54) is 4.90 Å². The highest BCUT2D eigenvalue weighted by atomic mass is 32.2. The average molecular weight is 420 g/mol. The van der Waals surface area contributed by atoms with E-state index in [4.69, 9.17) is 9.47 Å². The van der Waals surface area contributed by atoms with Gasteiger partial charge in [0.15, 0.2) is 0 Å². The lowest BCUT2D eigenvalue weighted by molar-refractivity contribution is -0.123. The molecule has 152 valence electrons. The number of hydrogen-bond acceptors (Lipinski definition) is 5. The number of amides is 2. The standard InChI is InChI=1S/C24H21NO4S/c1-2-28-19-10-5-7-17(15-19)16-22-23(26)25(24(27)30-22)13-14-29-21-12-6-9-18-8-3-4-11-20(18)21/h3-12,15-16H,2,13-14H2,1H3/b22-16-. The van der Waals surface area contributed by atoms with Gasteiger partial charge in [0, 0.05) is 5.39 Å². The number of nitrogens with zero attached hydrogens (tertiary/aromatic N) is 1. The molecule has 0 radical (unpaired) electrons. The van der Waals surface area contributed by atoms with Crippen molar-refractivity contribution in [2.75, 3.05) is 19.8 Å². The summed E-state index contributed by atoms with van der Waals surface area (Å²) >= 11 is 0.947. The van der Waals surface area contributed by atoms with Crippen molar-refractivity contribution >= 4 is 39.8 Å². The second kappa shape index (κ2) is 9.05. The van der Waals surface area contributed by atoms with Crippen molar-refractivity contribution in [2.45, 2.75) is 6.92 Å². The van der Waals surface area contributed by atoms with Gasteiger partial charge in [-0.15, -0.1) is 0 Å². The Morgan fingerprint density at radius 1 is 0.967 bits per heavy atom. The van der Waals surface area contributed by atoms with Crippen LogP contribution in [0.1, 0.15) is 12.5 Å². The molecule has 4 rings (SSSR count). The van der Waals surface area contributed by atoms with Crippen LogP contribution in [0.25, 0.3) is 16.8 Å². The minimum Gasteiger partial charge on any atom is -0.494 e. The first-order valence-electron chi connectivity index (χ1n) is 9.74. The smallest absolute Gasteiger partial charge is 0.293 e. The van der Waals surface area contributed by atoms with Crippen LogP contribution in [0.3, 0.4) is 0 Å².